The van der Waals surface area contributed by atoms with Crippen molar-refractivity contribution < 1.29 is 9.59 Å². The third-order valence-electron chi connectivity index (χ3n) is 4.81. The van der Waals surface area contributed by atoms with Crippen LogP contribution in [0.5, 0.6) is 0 Å². The lowest BCUT2D eigenvalue weighted by molar-refractivity contribution is 0.0627. The molecule has 4 rings (SSSR count). The molecule has 0 N–H and O–H groups in total. The molecule has 144 valence electrons. The Morgan fingerprint density at radius 2 is 1.68 bits per heavy atom. The zero-order valence-corrected chi connectivity index (χ0v) is 17.5. The maximum atomic E-state index is 13.1. The summed E-state index contributed by atoms with van der Waals surface area (Å²) in [5, 5.41) is 1.87. The number of amides is 1. The first kappa shape index (κ1) is 19.3. The molecular formula is C21H19ClN2O2S2. The van der Waals surface area contributed by atoms with Crippen LogP contribution in [0.2, 0.25) is 4.34 Å². The summed E-state index contributed by atoms with van der Waals surface area (Å²) >= 11 is 9.00. The Labute approximate surface area is 177 Å². The van der Waals surface area contributed by atoms with E-state index in [0.29, 0.717) is 29.1 Å². The SMILES string of the molecule is O=C(c1cccs1)c1ccccc1C(=O)N1CCN(Cc2ccc(Cl)s2)CC1. The third kappa shape index (κ3) is 4.20. The molecule has 1 amide bonds. The normalized spacial score (nSPS) is 15.0. The van der Waals surface area contributed by atoms with Gasteiger partial charge in [-0.1, -0.05) is 35.9 Å². The van der Waals surface area contributed by atoms with Crippen molar-refractivity contribution in [3.8, 4) is 0 Å². The fourth-order valence-electron chi connectivity index (χ4n) is 3.34. The number of piperazine rings is 1. The van der Waals surface area contributed by atoms with Crippen molar-refractivity contribution in [3.05, 3.63) is 79.1 Å². The average Bonchev–Trinajstić information content (AvgIpc) is 3.39. The Kier molecular flexibility index (Phi) is 5.92. The highest BCUT2D eigenvalue weighted by molar-refractivity contribution is 7.16. The number of carbonyl (C=O) groups excluding carboxylic acids is 2. The quantitative estimate of drug-likeness (QED) is 0.553. The standard InChI is InChI=1S/C21H19ClN2O2S2/c22-19-8-7-15(28-19)14-23-9-11-24(12-10-23)21(26)17-5-2-1-4-16(17)20(25)18-6-3-13-27-18/h1-8,13H,9-12,14H2. The van der Waals surface area contributed by atoms with E-state index in [1.807, 2.05) is 34.5 Å². The monoisotopic (exact) mass is 430 g/mol. The fourth-order valence-corrected chi connectivity index (χ4v) is 5.15. The minimum absolute atomic E-state index is 0.0701. The zero-order chi connectivity index (χ0) is 19.5. The molecule has 0 atom stereocenters. The Balaban J connectivity index is 1.44. The summed E-state index contributed by atoms with van der Waals surface area (Å²) in [4.78, 5) is 32.0. The van der Waals surface area contributed by atoms with Crippen LogP contribution in [0.4, 0.5) is 0 Å². The molecule has 1 aromatic carbocycles. The van der Waals surface area contributed by atoms with Gasteiger partial charge in [0.1, 0.15) is 0 Å². The highest BCUT2D eigenvalue weighted by atomic mass is 35.5. The minimum atomic E-state index is -0.0906. The summed E-state index contributed by atoms with van der Waals surface area (Å²) in [6.45, 7) is 3.77. The molecule has 1 aliphatic heterocycles. The Morgan fingerprint density at radius 3 is 2.32 bits per heavy atom. The van der Waals surface area contributed by atoms with Crippen molar-refractivity contribution in [2.75, 3.05) is 26.2 Å². The Hall–Kier alpha value is -1.99. The second-order valence-corrected chi connectivity index (χ2v) is 9.37. The summed E-state index contributed by atoms with van der Waals surface area (Å²) in [5.41, 5.74) is 0.963. The fraction of sp³-hybridized carbons (Fsp3) is 0.238. The van der Waals surface area contributed by atoms with Gasteiger partial charge in [-0.2, -0.15) is 0 Å². The van der Waals surface area contributed by atoms with E-state index >= 15 is 0 Å². The van der Waals surface area contributed by atoms with E-state index < -0.39 is 0 Å². The number of hydrogen-bond acceptors (Lipinski definition) is 5. The zero-order valence-electron chi connectivity index (χ0n) is 15.1. The molecule has 0 aliphatic carbocycles. The van der Waals surface area contributed by atoms with Gasteiger partial charge in [0, 0.05) is 43.2 Å². The van der Waals surface area contributed by atoms with Gasteiger partial charge in [-0.25, -0.2) is 0 Å². The molecule has 0 radical (unpaired) electrons. The molecule has 0 spiro atoms. The molecule has 2 aromatic heterocycles. The molecule has 1 aliphatic rings. The largest absolute Gasteiger partial charge is 0.336 e. The number of benzene rings is 1. The summed E-state index contributed by atoms with van der Waals surface area (Å²) in [5.74, 6) is -0.161. The molecule has 0 bridgehead atoms. The first-order valence-corrected chi connectivity index (χ1v) is 11.1. The third-order valence-corrected chi connectivity index (χ3v) is 6.90. The van der Waals surface area contributed by atoms with E-state index in [-0.39, 0.29) is 11.7 Å². The van der Waals surface area contributed by atoms with Gasteiger partial charge in [0.2, 0.25) is 5.78 Å². The van der Waals surface area contributed by atoms with E-state index in [9.17, 15) is 9.59 Å². The summed E-state index contributed by atoms with van der Waals surface area (Å²) in [6, 6.07) is 14.7. The molecular weight excluding hydrogens is 412 g/mol. The van der Waals surface area contributed by atoms with Crippen LogP contribution >= 0.6 is 34.3 Å². The lowest BCUT2D eigenvalue weighted by atomic mass is 10.0. The van der Waals surface area contributed by atoms with Gasteiger partial charge in [-0.3, -0.25) is 14.5 Å². The van der Waals surface area contributed by atoms with Crippen molar-refractivity contribution in [1.29, 1.82) is 0 Å². The van der Waals surface area contributed by atoms with Crippen molar-refractivity contribution in [2.24, 2.45) is 0 Å². The number of carbonyl (C=O) groups is 2. The van der Waals surface area contributed by atoms with Crippen LogP contribution in [0.15, 0.2) is 53.9 Å². The van der Waals surface area contributed by atoms with Gasteiger partial charge in [-0.15, -0.1) is 22.7 Å². The molecule has 28 heavy (non-hydrogen) atoms. The average molecular weight is 431 g/mol. The molecule has 0 saturated carbocycles. The molecule has 7 heteroatoms. The lowest BCUT2D eigenvalue weighted by Crippen LogP contribution is -2.48. The van der Waals surface area contributed by atoms with E-state index in [2.05, 4.69) is 11.0 Å². The number of nitrogens with zero attached hydrogens (tertiary/aromatic N) is 2. The van der Waals surface area contributed by atoms with Gasteiger partial charge in [0.25, 0.3) is 5.91 Å². The van der Waals surface area contributed by atoms with Crippen molar-refractivity contribution in [1.82, 2.24) is 9.80 Å². The highest BCUT2D eigenvalue weighted by Crippen LogP contribution is 2.24. The molecule has 0 unspecified atom stereocenters. The number of rotatable bonds is 5. The Morgan fingerprint density at radius 1 is 0.929 bits per heavy atom. The van der Waals surface area contributed by atoms with E-state index in [1.165, 1.54) is 16.2 Å². The maximum Gasteiger partial charge on any atom is 0.254 e. The topological polar surface area (TPSA) is 40.6 Å². The van der Waals surface area contributed by atoms with Crippen molar-refractivity contribution in [2.45, 2.75) is 6.54 Å². The molecule has 3 heterocycles. The number of halogens is 1. The van der Waals surface area contributed by atoms with Gasteiger partial charge in [0.05, 0.1) is 14.8 Å². The highest BCUT2D eigenvalue weighted by Gasteiger charge is 2.26. The summed E-state index contributed by atoms with van der Waals surface area (Å²) < 4.78 is 0.802. The molecule has 1 fully saturated rings. The predicted octanol–water partition coefficient (Wildman–Crippen LogP) is 4.65. The number of thiophene rings is 2. The predicted molar refractivity (Wildman–Crippen MR) is 115 cm³/mol. The first-order chi connectivity index (χ1) is 13.6. The van der Waals surface area contributed by atoms with Crippen LogP contribution in [0.25, 0.3) is 0 Å². The number of hydrogen-bond donors (Lipinski definition) is 0. The molecule has 4 nitrogen and oxygen atoms in total. The van der Waals surface area contributed by atoms with Crippen LogP contribution in [0, 0.1) is 0 Å². The van der Waals surface area contributed by atoms with Crippen LogP contribution in [0.3, 0.4) is 0 Å². The molecule has 1 saturated heterocycles. The summed E-state index contributed by atoms with van der Waals surface area (Å²) in [6.07, 6.45) is 0. The smallest absolute Gasteiger partial charge is 0.254 e. The van der Waals surface area contributed by atoms with E-state index in [0.717, 1.165) is 24.0 Å². The van der Waals surface area contributed by atoms with Crippen molar-refractivity contribution >= 4 is 46.0 Å². The van der Waals surface area contributed by atoms with Crippen molar-refractivity contribution in [3.63, 3.8) is 0 Å². The summed E-state index contributed by atoms with van der Waals surface area (Å²) in [7, 11) is 0. The van der Waals surface area contributed by atoms with Gasteiger partial charge in [-0.05, 0) is 29.6 Å². The Bertz CT molecular complexity index is 976. The van der Waals surface area contributed by atoms with E-state index in [4.69, 9.17) is 11.6 Å². The first-order valence-electron chi connectivity index (χ1n) is 9.05. The van der Waals surface area contributed by atoms with Crippen LogP contribution in [0.1, 0.15) is 30.5 Å². The second-order valence-electron chi connectivity index (χ2n) is 6.63. The second kappa shape index (κ2) is 8.57. The van der Waals surface area contributed by atoms with Crippen LogP contribution in [-0.4, -0.2) is 47.7 Å². The van der Waals surface area contributed by atoms with Gasteiger partial charge < -0.3 is 4.90 Å². The van der Waals surface area contributed by atoms with Crippen LogP contribution in [-0.2, 0) is 6.54 Å². The maximum absolute atomic E-state index is 13.1. The van der Waals surface area contributed by atoms with E-state index in [1.54, 1.807) is 29.5 Å². The van der Waals surface area contributed by atoms with Gasteiger partial charge >= 0.3 is 0 Å². The number of ketones is 1. The van der Waals surface area contributed by atoms with Gasteiger partial charge in [0.15, 0.2) is 0 Å². The molecule has 3 aromatic rings. The van der Waals surface area contributed by atoms with Crippen LogP contribution < -0.4 is 0 Å². The lowest BCUT2D eigenvalue weighted by Gasteiger charge is -2.34. The minimum Gasteiger partial charge on any atom is -0.336 e.